The molecule has 0 unspecified atom stereocenters. The molecule has 0 N–H and O–H groups in total. The zero-order chi connectivity index (χ0) is 14.1. The van der Waals surface area contributed by atoms with Crippen molar-refractivity contribution in [1.29, 1.82) is 0 Å². The molecule has 0 saturated heterocycles. The molecule has 0 fully saturated rings. The lowest BCUT2D eigenvalue weighted by atomic mass is 10.5. The molecule has 4 nitrogen and oxygen atoms in total. The predicted molar refractivity (Wildman–Crippen MR) is 63.8 cm³/mol. The van der Waals surface area contributed by atoms with Gasteiger partial charge in [-0.05, 0) is 69.6 Å². The van der Waals surface area contributed by atoms with Gasteiger partial charge in [-0.1, -0.05) is 0 Å². The molecule has 12 heteroatoms. The van der Waals surface area contributed by atoms with Crippen LogP contribution in [0.1, 0.15) is 0 Å². The van der Waals surface area contributed by atoms with E-state index in [1.807, 2.05) is 0 Å². The van der Waals surface area contributed by atoms with Crippen molar-refractivity contribution in [2.24, 2.45) is 0 Å². The van der Waals surface area contributed by atoms with Gasteiger partial charge in [0.2, 0.25) is 5.82 Å². The minimum atomic E-state index is -2.38. The lowest BCUT2D eigenvalue weighted by molar-refractivity contribution is 0.246. The van der Waals surface area contributed by atoms with Gasteiger partial charge in [0, 0.05) is 0 Å². The molecule has 0 aromatic carbocycles. The zero-order valence-corrected chi connectivity index (χ0v) is 12.3. The van der Waals surface area contributed by atoms with E-state index in [1.165, 1.54) is 0 Å². The van der Waals surface area contributed by atoms with Crippen LogP contribution >= 0.6 is 69.6 Å². The van der Waals surface area contributed by atoms with Gasteiger partial charge in [-0.3, -0.25) is 0 Å². The third-order valence-corrected chi connectivity index (χ3v) is 1.65. The first-order valence-corrected chi connectivity index (χ1v) is 5.99. The van der Waals surface area contributed by atoms with E-state index in [0.29, 0.717) is 0 Å². The van der Waals surface area contributed by atoms with Crippen molar-refractivity contribution in [3.05, 3.63) is 11.9 Å². The van der Waals surface area contributed by atoms with Crippen LogP contribution in [-0.2, 0) is 0 Å². The van der Waals surface area contributed by atoms with Crippen LogP contribution in [0.15, 0.2) is 0 Å². The lowest BCUT2D eigenvalue weighted by Crippen LogP contribution is -2.19. The summed E-state index contributed by atoms with van der Waals surface area (Å²) < 4.78 is 30.6. The molecule has 0 amide bonds. The van der Waals surface area contributed by atoms with Crippen LogP contribution in [0.4, 0.5) is 8.78 Å². The Morgan fingerprint density at radius 2 is 1.11 bits per heavy atom. The Bertz CT molecular complexity index is 412. The normalized spacial score (nSPS) is 12.4. The Kier molecular flexibility index (Phi) is 5.20. The largest absolute Gasteiger partial charge is 0.425 e. The summed E-state index contributed by atoms with van der Waals surface area (Å²) in [5, 5.41) is 0. The van der Waals surface area contributed by atoms with Crippen LogP contribution in [0.3, 0.4) is 0 Å². The molecule has 1 rings (SSSR count). The molecule has 1 heterocycles. The van der Waals surface area contributed by atoms with Crippen molar-refractivity contribution >= 4 is 69.6 Å². The van der Waals surface area contributed by atoms with E-state index in [-0.39, 0.29) is 0 Å². The second-order valence-electron chi connectivity index (χ2n) is 2.51. The maximum atomic E-state index is 13.6. The molecular weight excluding hydrogens is 383 g/mol. The van der Waals surface area contributed by atoms with Crippen LogP contribution < -0.4 is 9.47 Å². The Balaban J connectivity index is 3.14. The molecule has 0 aliphatic carbocycles. The van der Waals surface area contributed by atoms with Gasteiger partial charge in [0.05, 0.1) is 0 Å². The summed E-state index contributed by atoms with van der Waals surface area (Å²) in [6.45, 7) is 0. The summed E-state index contributed by atoms with van der Waals surface area (Å²) in [7, 11) is 0. The molecule has 0 aliphatic rings. The number of hydrogen-bond acceptors (Lipinski definition) is 4. The molecular formula is C6Cl6F2N2O2. The predicted octanol–water partition coefficient (Wildman–Crippen LogP) is 4.17. The summed E-state index contributed by atoms with van der Waals surface area (Å²) in [6, 6.07) is 0. The van der Waals surface area contributed by atoms with Gasteiger partial charge < -0.3 is 9.47 Å². The second kappa shape index (κ2) is 5.73. The van der Waals surface area contributed by atoms with Crippen LogP contribution in [0, 0.1) is 11.9 Å². The maximum Gasteiger partial charge on any atom is 0.339 e. The van der Waals surface area contributed by atoms with Crippen molar-refractivity contribution in [3.8, 4) is 11.8 Å². The average Bonchev–Trinajstić information content (AvgIpc) is 2.07. The topological polar surface area (TPSA) is 44.2 Å². The number of alkyl halides is 6. The molecule has 0 saturated carbocycles. The highest BCUT2D eigenvalue weighted by Crippen LogP contribution is 2.35. The third kappa shape index (κ3) is 5.50. The number of hydrogen-bond donors (Lipinski definition) is 0. The van der Waals surface area contributed by atoms with E-state index >= 15 is 0 Å². The van der Waals surface area contributed by atoms with Crippen molar-refractivity contribution in [3.63, 3.8) is 0 Å². The van der Waals surface area contributed by atoms with Gasteiger partial charge >= 0.3 is 14.0 Å². The highest BCUT2D eigenvalue weighted by atomic mass is 35.6. The van der Waals surface area contributed by atoms with Crippen LogP contribution in [-0.4, -0.2) is 17.9 Å². The van der Waals surface area contributed by atoms with Gasteiger partial charge in [-0.2, -0.15) is 18.7 Å². The summed E-state index contributed by atoms with van der Waals surface area (Å²) in [5.74, 6) is -3.45. The van der Waals surface area contributed by atoms with Gasteiger partial charge in [0.25, 0.3) is 11.8 Å². The zero-order valence-electron chi connectivity index (χ0n) is 7.73. The van der Waals surface area contributed by atoms with Crippen LogP contribution in [0.5, 0.6) is 11.8 Å². The number of rotatable bonds is 2. The number of nitrogens with zero attached hydrogens (tertiary/aromatic N) is 2. The molecule has 0 aliphatic heterocycles. The Hall–Kier alpha value is 0.280. The fourth-order valence-corrected chi connectivity index (χ4v) is 1.18. The summed E-state index contributed by atoms with van der Waals surface area (Å²) in [5.41, 5.74) is 0. The summed E-state index contributed by atoms with van der Waals surface area (Å²) in [4.78, 5) is 5.82. The molecule has 0 spiro atoms. The highest BCUT2D eigenvalue weighted by Gasteiger charge is 2.31. The van der Waals surface area contributed by atoms with Crippen molar-refractivity contribution < 1.29 is 18.3 Å². The lowest BCUT2D eigenvalue weighted by Gasteiger charge is -2.16. The molecule has 102 valence electrons. The Labute approximate surface area is 129 Å². The van der Waals surface area contributed by atoms with E-state index in [2.05, 4.69) is 19.4 Å². The van der Waals surface area contributed by atoms with E-state index in [4.69, 9.17) is 69.6 Å². The average molecular weight is 383 g/mol. The number of halogens is 8. The number of aromatic nitrogens is 2. The van der Waals surface area contributed by atoms with E-state index < -0.39 is 31.6 Å². The fraction of sp³-hybridized carbons (Fsp3) is 0.333. The number of ether oxygens (including phenoxy) is 2. The molecule has 0 radical (unpaired) electrons. The first-order chi connectivity index (χ1) is 7.98. The Morgan fingerprint density at radius 1 is 0.778 bits per heavy atom. The van der Waals surface area contributed by atoms with Crippen molar-refractivity contribution in [2.45, 2.75) is 7.96 Å². The third-order valence-electron chi connectivity index (χ3n) is 1.19. The van der Waals surface area contributed by atoms with E-state index in [1.54, 1.807) is 0 Å². The summed E-state index contributed by atoms with van der Waals surface area (Å²) >= 11 is 31.3. The smallest absolute Gasteiger partial charge is 0.339 e. The van der Waals surface area contributed by atoms with E-state index in [9.17, 15) is 8.78 Å². The highest BCUT2D eigenvalue weighted by molar-refractivity contribution is 6.66. The van der Waals surface area contributed by atoms with Gasteiger partial charge in [-0.25, -0.2) is 0 Å². The molecule has 0 atom stereocenters. The fourth-order valence-electron chi connectivity index (χ4n) is 0.737. The first kappa shape index (κ1) is 16.3. The van der Waals surface area contributed by atoms with Gasteiger partial charge in [0.1, 0.15) is 0 Å². The maximum absolute atomic E-state index is 13.6. The van der Waals surface area contributed by atoms with E-state index in [0.717, 1.165) is 0 Å². The van der Waals surface area contributed by atoms with Crippen molar-refractivity contribution in [1.82, 2.24) is 9.97 Å². The Morgan fingerprint density at radius 3 is 1.39 bits per heavy atom. The van der Waals surface area contributed by atoms with Gasteiger partial charge in [0.15, 0.2) is 0 Å². The minimum Gasteiger partial charge on any atom is -0.425 e. The molecule has 18 heavy (non-hydrogen) atoms. The molecule has 1 aromatic heterocycles. The van der Waals surface area contributed by atoms with Crippen LogP contribution in [0.2, 0.25) is 0 Å². The standard InChI is InChI=1S/C6Cl6F2N2O2/c7-5(8,9)17-2-1(13)3(16-4(14)15-2)18-6(10,11)12. The molecule has 0 bridgehead atoms. The summed E-state index contributed by atoms with van der Waals surface area (Å²) in [6.07, 6.45) is -1.44. The first-order valence-electron chi connectivity index (χ1n) is 3.72. The monoisotopic (exact) mass is 380 g/mol. The second-order valence-corrected chi connectivity index (χ2v) is 6.87. The quantitative estimate of drug-likeness (QED) is 0.569. The SMILES string of the molecule is Fc1nc(OC(Cl)(Cl)Cl)c(F)c(OC(Cl)(Cl)Cl)n1. The van der Waals surface area contributed by atoms with Crippen LogP contribution in [0.25, 0.3) is 0 Å². The van der Waals surface area contributed by atoms with Crippen molar-refractivity contribution in [2.75, 3.05) is 0 Å². The minimum absolute atomic E-state index is 1.02. The van der Waals surface area contributed by atoms with Gasteiger partial charge in [-0.15, -0.1) is 0 Å². The molecule has 1 aromatic rings.